The molecule has 3 saturated heterocycles. The molecule has 6 heteroatoms. The zero-order valence-corrected chi connectivity index (χ0v) is 13.8. The van der Waals surface area contributed by atoms with Crippen molar-refractivity contribution >= 4 is 11.6 Å². The fourth-order valence-corrected chi connectivity index (χ4v) is 4.82. The number of amides is 1. The molecule has 0 aliphatic carbocycles. The second-order valence-corrected chi connectivity index (χ2v) is 7.49. The third kappa shape index (κ3) is 2.90. The second kappa shape index (κ2) is 6.16. The Hall–Kier alpha value is -1.95. The van der Waals surface area contributed by atoms with Crippen LogP contribution in [-0.2, 0) is 11.3 Å². The first-order valence-electron chi connectivity index (χ1n) is 8.85. The Kier molecular flexibility index (Phi) is 4.00. The minimum Gasteiger partial charge on any atom is -0.339 e. The van der Waals surface area contributed by atoms with Crippen LogP contribution in [0.1, 0.15) is 31.2 Å². The summed E-state index contributed by atoms with van der Waals surface area (Å²) >= 11 is 0. The summed E-state index contributed by atoms with van der Waals surface area (Å²) in [6.07, 6.45) is 4.14. The predicted octanol–water partition coefficient (Wildman–Crippen LogP) is 2.43. The zero-order valence-electron chi connectivity index (χ0n) is 13.8. The van der Waals surface area contributed by atoms with Crippen LogP contribution in [0.25, 0.3) is 0 Å². The lowest BCUT2D eigenvalue weighted by molar-refractivity contribution is -0.384. The van der Waals surface area contributed by atoms with Crippen LogP contribution < -0.4 is 0 Å². The van der Waals surface area contributed by atoms with E-state index in [9.17, 15) is 14.9 Å². The molecular formula is C18H23N3O3. The van der Waals surface area contributed by atoms with Gasteiger partial charge in [-0.05, 0) is 36.7 Å². The molecule has 6 nitrogen and oxygen atoms in total. The SMILES string of the molecule is O=C1CCC[C@H]2[C@H]3C[C@@H](CN(Cc4ccc([N+](=O)[O-])cc4)C3)CN12. The maximum atomic E-state index is 12.2. The number of piperidine rings is 3. The summed E-state index contributed by atoms with van der Waals surface area (Å²) in [6.45, 7) is 3.80. The predicted molar refractivity (Wildman–Crippen MR) is 89.3 cm³/mol. The van der Waals surface area contributed by atoms with Gasteiger partial charge in [-0.1, -0.05) is 12.1 Å². The van der Waals surface area contributed by atoms with E-state index in [0.29, 0.717) is 23.8 Å². The van der Waals surface area contributed by atoms with Gasteiger partial charge in [0, 0.05) is 50.8 Å². The number of non-ortho nitro benzene ring substituents is 1. The average Bonchev–Trinajstić information content (AvgIpc) is 2.56. The van der Waals surface area contributed by atoms with E-state index in [1.807, 2.05) is 12.1 Å². The molecule has 2 bridgehead atoms. The number of carbonyl (C=O) groups excluding carboxylic acids is 1. The quantitative estimate of drug-likeness (QED) is 0.631. The summed E-state index contributed by atoms with van der Waals surface area (Å²) in [6, 6.07) is 7.32. The summed E-state index contributed by atoms with van der Waals surface area (Å²) in [5, 5.41) is 10.8. The topological polar surface area (TPSA) is 66.7 Å². The molecule has 4 rings (SSSR count). The Labute approximate surface area is 141 Å². The number of hydrogen-bond donors (Lipinski definition) is 0. The van der Waals surface area contributed by atoms with E-state index in [2.05, 4.69) is 9.80 Å². The highest BCUT2D eigenvalue weighted by molar-refractivity contribution is 5.77. The van der Waals surface area contributed by atoms with Crippen LogP contribution in [0.4, 0.5) is 5.69 Å². The lowest BCUT2D eigenvalue weighted by Gasteiger charge is -2.52. The van der Waals surface area contributed by atoms with Gasteiger partial charge in [-0.3, -0.25) is 19.8 Å². The van der Waals surface area contributed by atoms with Crippen LogP contribution in [0, 0.1) is 22.0 Å². The molecule has 0 aromatic heterocycles. The van der Waals surface area contributed by atoms with E-state index in [1.54, 1.807) is 12.1 Å². The molecule has 0 spiro atoms. The number of likely N-dealkylation sites (tertiary alicyclic amines) is 1. The van der Waals surface area contributed by atoms with Crippen molar-refractivity contribution in [3.63, 3.8) is 0 Å². The summed E-state index contributed by atoms with van der Waals surface area (Å²) in [5.74, 6) is 1.50. The number of nitrogens with zero attached hydrogens (tertiary/aromatic N) is 3. The molecule has 1 aromatic rings. The van der Waals surface area contributed by atoms with Gasteiger partial charge in [-0.25, -0.2) is 0 Å². The molecule has 24 heavy (non-hydrogen) atoms. The maximum Gasteiger partial charge on any atom is 0.269 e. The van der Waals surface area contributed by atoms with Gasteiger partial charge in [-0.2, -0.15) is 0 Å². The van der Waals surface area contributed by atoms with Crippen molar-refractivity contribution in [1.29, 1.82) is 0 Å². The minimum absolute atomic E-state index is 0.144. The molecule has 3 heterocycles. The second-order valence-electron chi connectivity index (χ2n) is 7.49. The molecule has 1 aromatic carbocycles. The van der Waals surface area contributed by atoms with Crippen molar-refractivity contribution in [2.24, 2.45) is 11.8 Å². The first kappa shape index (κ1) is 15.6. The standard InChI is InChI=1S/C18H23N3O3/c22-18-3-1-2-17-15-8-14(11-20(17)18)10-19(12-15)9-13-4-6-16(7-5-13)21(23)24/h4-7,14-15,17H,1-3,8-12H2/t14-,15-,17-/m0/s1. The maximum absolute atomic E-state index is 12.2. The van der Waals surface area contributed by atoms with Gasteiger partial charge in [0.25, 0.3) is 5.69 Å². The zero-order chi connectivity index (χ0) is 16.7. The fourth-order valence-electron chi connectivity index (χ4n) is 4.82. The van der Waals surface area contributed by atoms with E-state index < -0.39 is 0 Å². The van der Waals surface area contributed by atoms with Gasteiger partial charge >= 0.3 is 0 Å². The Morgan fingerprint density at radius 2 is 1.96 bits per heavy atom. The lowest BCUT2D eigenvalue weighted by atomic mass is 9.76. The molecule has 3 fully saturated rings. The van der Waals surface area contributed by atoms with Gasteiger partial charge < -0.3 is 4.90 Å². The lowest BCUT2D eigenvalue weighted by Crippen LogP contribution is -2.60. The van der Waals surface area contributed by atoms with Crippen LogP contribution in [0.2, 0.25) is 0 Å². The van der Waals surface area contributed by atoms with E-state index in [0.717, 1.165) is 51.0 Å². The number of carbonyl (C=O) groups is 1. The third-order valence-electron chi connectivity index (χ3n) is 5.81. The van der Waals surface area contributed by atoms with Crippen LogP contribution in [0.15, 0.2) is 24.3 Å². The van der Waals surface area contributed by atoms with Crippen molar-refractivity contribution in [3.05, 3.63) is 39.9 Å². The largest absolute Gasteiger partial charge is 0.339 e. The van der Waals surface area contributed by atoms with E-state index in [4.69, 9.17) is 0 Å². The van der Waals surface area contributed by atoms with Crippen LogP contribution in [0.5, 0.6) is 0 Å². The monoisotopic (exact) mass is 329 g/mol. The summed E-state index contributed by atoms with van der Waals surface area (Å²) in [5.41, 5.74) is 1.27. The number of fused-ring (bicyclic) bond motifs is 4. The molecule has 0 unspecified atom stereocenters. The molecule has 0 N–H and O–H groups in total. The Balaban J connectivity index is 1.43. The third-order valence-corrected chi connectivity index (χ3v) is 5.81. The van der Waals surface area contributed by atoms with E-state index in [1.165, 1.54) is 6.42 Å². The number of hydrogen-bond acceptors (Lipinski definition) is 4. The van der Waals surface area contributed by atoms with Gasteiger partial charge in [0.2, 0.25) is 5.91 Å². The number of nitro benzene ring substituents is 1. The molecule has 128 valence electrons. The number of rotatable bonds is 3. The van der Waals surface area contributed by atoms with Crippen LogP contribution >= 0.6 is 0 Å². The van der Waals surface area contributed by atoms with Crippen molar-refractivity contribution < 1.29 is 9.72 Å². The van der Waals surface area contributed by atoms with Gasteiger partial charge in [0.1, 0.15) is 0 Å². The Morgan fingerprint density at radius 3 is 2.71 bits per heavy atom. The highest BCUT2D eigenvalue weighted by atomic mass is 16.6. The van der Waals surface area contributed by atoms with Crippen molar-refractivity contribution in [2.45, 2.75) is 38.3 Å². The highest BCUT2D eigenvalue weighted by Gasteiger charge is 2.43. The van der Waals surface area contributed by atoms with Crippen LogP contribution in [0.3, 0.4) is 0 Å². The molecule has 0 radical (unpaired) electrons. The van der Waals surface area contributed by atoms with Crippen LogP contribution in [-0.4, -0.2) is 46.3 Å². The Morgan fingerprint density at radius 1 is 1.17 bits per heavy atom. The summed E-state index contributed by atoms with van der Waals surface area (Å²) < 4.78 is 0. The smallest absolute Gasteiger partial charge is 0.269 e. The van der Waals surface area contributed by atoms with Crippen molar-refractivity contribution in [2.75, 3.05) is 19.6 Å². The number of nitro groups is 1. The molecule has 3 aliphatic heterocycles. The molecular weight excluding hydrogens is 306 g/mol. The van der Waals surface area contributed by atoms with E-state index >= 15 is 0 Å². The van der Waals surface area contributed by atoms with Gasteiger partial charge in [0.05, 0.1) is 4.92 Å². The molecule has 3 atom stereocenters. The van der Waals surface area contributed by atoms with Crippen molar-refractivity contribution in [1.82, 2.24) is 9.80 Å². The summed E-state index contributed by atoms with van der Waals surface area (Å²) in [4.78, 5) is 27.2. The normalized spacial score (nSPS) is 30.1. The average molecular weight is 329 g/mol. The van der Waals surface area contributed by atoms with Gasteiger partial charge in [0.15, 0.2) is 0 Å². The minimum atomic E-state index is -0.357. The molecule has 1 amide bonds. The fraction of sp³-hybridized carbons (Fsp3) is 0.611. The molecule has 0 saturated carbocycles. The number of benzene rings is 1. The highest BCUT2D eigenvalue weighted by Crippen LogP contribution is 2.38. The first-order valence-corrected chi connectivity index (χ1v) is 8.85. The first-order chi connectivity index (χ1) is 11.6. The Bertz CT molecular complexity index is 645. The van der Waals surface area contributed by atoms with Gasteiger partial charge in [-0.15, -0.1) is 0 Å². The van der Waals surface area contributed by atoms with Crippen molar-refractivity contribution in [3.8, 4) is 0 Å². The van der Waals surface area contributed by atoms with E-state index in [-0.39, 0.29) is 10.6 Å². The molecule has 3 aliphatic rings. The summed E-state index contributed by atoms with van der Waals surface area (Å²) in [7, 11) is 0.